The van der Waals surface area contributed by atoms with Crippen molar-refractivity contribution >= 4 is 10.9 Å². The van der Waals surface area contributed by atoms with Crippen LogP contribution in [0, 0.1) is 0 Å². The summed E-state index contributed by atoms with van der Waals surface area (Å²) < 4.78 is 12.1. The predicted molar refractivity (Wildman–Crippen MR) is 97.0 cm³/mol. The summed E-state index contributed by atoms with van der Waals surface area (Å²) in [6.07, 6.45) is 4.66. The van der Waals surface area contributed by atoms with Crippen molar-refractivity contribution in [1.82, 2.24) is 20.5 Å². The van der Waals surface area contributed by atoms with Crippen LogP contribution in [0.25, 0.3) is 22.2 Å². The van der Waals surface area contributed by atoms with E-state index in [-0.39, 0.29) is 12.2 Å². The van der Waals surface area contributed by atoms with Gasteiger partial charge in [0, 0.05) is 23.7 Å². The number of hydrogen-bond donors (Lipinski definition) is 2. The minimum Gasteiger partial charge on any atom is -0.491 e. The van der Waals surface area contributed by atoms with Crippen LogP contribution in [0.15, 0.2) is 36.7 Å². The van der Waals surface area contributed by atoms with Gasteiger partial charge in [-0.25, -0.2) is 0 Å². The van der Waals surface area contributed by atoms with E-state index in [2.05, 4.69) is 27.4 Å². The summed E-state index contributed by atoms with van der Waals surface area (Å²) in [6.45, 7) is 5.80. The van der Waals surface area contributed by atoms with Crippen molar-refractivity contribution in [2.75, 3.05) is 13.1 Å². The van der Waals surface area contributed by atoms with E-state index in [0.717, 1.165) is 53.2 Å². The lowest BCUT2D eigenvalue weighted by Gasteiger charge is -2.17. The minimum absolute atomic E-state index is 0.0543. The Bertz CT molecular complexity index is 877. The zero-order valence-corrected chi connectivity index (χ0v) is 14.5. The number of aromatic amines is 1. The van der Waals surface area contributed by atoms with Gasteiger partial charge in [0.1, 0.15) is 23.3 Å². The second kappa shape index (κ2) is 6.72. The fraction of sp³-hybridized carbons (Fsp3) is 0.368. The zero-order valence-electron chi connectivity index (χ0n) is 14.5. The van der Waals surface area contributed by atoms with E-state index in [0.29, 0.717) is 0 Å². The summed E-state index contributed by atoms with van der Waals surface area (Å²) in [5, 5.41) is 12.0. The van der Waals surface area contributed by atoms with Crippen LogP contribution in [0.3, 0.4) is 0 Å². The number of H-pyrrole nitrogens is 1. The number of rotatable bonds is 0. The largest absolute Gasteiger partial charge is 0.491 e. The van der Waals surface area contributed by atoms with Crippen molar-refractivity contribution < 1.29 is 9.47 Å². The van der Waals surface area contributed by atoms with Crippen LogP contribution in [0.2, 0.25) is 0 Å². The molecule has 2 atom stereocenters. The van der Waals surface area contributed by atoms with Gasteiger partial charge >= 0.3 is 0 Å². The molecule has 0 spiro atoms. The highest BCUT2D eigenvalue weighted by molar-refractivity contribution is 5.93. The Morgan fingerprint density at radius 1 is 1.04 bits per heavy atom. The Morgan fingerprint density at radius 2 is 1.92 bits per heavy atom. The number of pyridine rings is 1. The molecule has 0 saturated heterocycles. The van der Waals surface area contributed by atoms with Crippen molar-refractivity contribution in [2.45, 2.75) is 32.5 Å². The van der Waals surface area contributed by atoms with Crippen molar-refractivity contribution in [1.29, 1.82) is 0 Å². The number of benzene rings is 1. The van der Waals surface area contributed by atoms with E-state index in [4.69, 9.17) is 9.47 Å². The zero-order chi connectivity index (χ0) is 17.2. The van der Waals surface area contributed by atoms with Gasteiger partial charge in [-0.1, -0.05) is 0 Å². The third kappa shape index (κ3) is 3.44. The summed E-state index contributed by atoms with van der Waals surface area (Å²) in [4.78, 5) is 4.32. The molecule has 130 valence electrons. The first kappa shape index (κ1) is 15.9. The highest BCUT2D eigenvalue weighted by Gasteiger charge is 2.14. The lowest BCUT2D eigenvalue weighted by Crippen LogP contribution is -2.31. The van der Waals surface area contributed by atoms with E-state index in [1.54, 1.807) is 12.4 Å². The van der Waals surface area contributed by atoms with Crippen LogP contribution < -0.4 is 14.8 Å². The molecular formula is C19H22N4O2. The molecule has 0 fully saturated rings. The molecule has 2 N–H and O–H groups in total. The van der Waals surface area contributed by atoms with E-state index >= 15 is 0 Å². The Balaban J connectivity index is 1.79. The number of hydrogen-bond acceptors (Lipinski definition) is 5. The molecule has 3 aromatic rings. The third-order valence-electron chi connectivity index (χ3n) is 4.35. The lowest BCUT2D eigenvalue weighted by atomic mass is 10.1. The molecule has 4 bridgehead atoms. The number of nitrogens with zero attached hydrogens (tertiary/aromatic N) is 2. The molecule has 1 unspecified atom stereocenters. The SMILES string of the molecule is CC1CCNC[C@H](C)Oc2cncc(c2)-c2n[nH]c3ccc(cc23)O1. The van der Waals surface area contributed by atoms with Gasteiger partial charge in [0.2, 0.25) is 0 Å². The number of ether oxygens (including phenoxy) is 2. The van der Waals surface area contributed by atoms with Gasteiger partial charge in [-0.15, -0.1) is 0 Å². The van der Waals surface area contributed by atoms with Gasteiger partial charge in [0.25, 0.3) is 0 Å². The van der Waals surface area contributed by atoms with E-state index in [1.165, 1.54) is 0 Å². The second-order valence-electron chi connectivity index (χ2n) is 6.54. The summed E-state index contributed by atoms with van der Waals surface area (Å²) in [5.74, 6) is 1.60. The Morgan fingerprint density at radius 3 is 2.84 bits per heavy atom. The highest BCUT2D eigenvalue weighted by Crippen LogP contribution is 2.31. The van der Waals surface area contributed by atoms with Gasteiger partial charge < -0.3 is 14.8 Å². The number of nitrogens with one attached hydrogen (secondary N) is 2. The van der Waals surface area contributed by atoms with Gasteiger partial charge in [-0.2, -0.15) is 5.10 Å². The average molecular weight is 338 g/mol. The first-order chi connectivity index (χ1) is 12.2. The fourth-order valence-electron chi connectivity index (χ4n) is 3.08. The van der Waals surface area contributed by atoms with E-state index < -0.39 is 0 Å². The standard InChI is InChI=1S/C19H22N4O2/c1-12-5-6-20-9-13(2)25-16-7-14(10-21-11-16)19-17-8-15(24-12)3-4-18(17)22-23-19/h3-4,7-8,10-13,20H,5-6,9H2,1-2H3,(H,22,23)/t12?,13-/m0/s1. The van der Waals surface area contributed by atoms with E-state index in [9.17, 15) is 0 Å². The minimum atomic E-state index is 0.0543. The van der Waals surface area contributed by atoms with Crippen LogP contribution in [0.1, 0.15) is 20.3 Å². The molecular weight excluding hydrogens is 316 g/mol. The molecule has 4 rings (SSSR count). The summed E-state index contributed by atoms with van der Waals surface area (Å²) >= 11 is 0. The van der Waals surface area contributed by atoms with Crippen molar-refractivity contribution in [3.8, 4) is 22.8 Å². The molecule has 1 aliphatic heterocycles. The van der Waals surface area contributed by atoms with Gasteiger partial charge in [-0.3, -0.25) is 10.1 Å². The molecule has 2 aromatic heterocycles. The number of fused-ring (bicyclic) bond motifs is 4. The van der Waals surface area contributed by atoms with Gasteiger partial charge in [0.05, 0.1) is 17.8 Å². The summed E-state index contributed by atoms with van der Waals surface area (Å²) in [7, 11) is 0. The first-order valence-corrected chi connectivity index (χ1v) is 8.66. The normalized spacial score (nSPS) is 21.2. The molecule has 1 aromatic carbocycles. The van der Waals surface area contributed by atoms with Crippen LogP contribution in [-0.4, -0.2) is 40.5 Å². The first-order valence-electron chi connectivity index (χ1n) is 8.66. The predicted octanol–water partition coefficient (Wildman–Crippen LogP) is 3.15. The molecule has 0 radical (unpaired) electrons. The Labute approximate surface area is 146 Å². The molecule has 25 heavy (non-hydrogen) atoms. The smallest absolute Gasteiger partial charge is 0.138 e. The molecule has 0 saturated carbocycles. The maximum absolute atomic E-state index is 6.07. The van der Waals surface area contributed by atoms with E-state index in [1.807, 2.05) is 31.2 Å². The van der Waals surface area contributed by atoms with Crippen molar-refractivity contribution in [3.63, 3.8) is 0 Å². The van der Waals surface area contributed by atoms with Crippen LogP contribution in [0.5, 0.6) is 11.5 Å². The van der Waals surface area contributed by atoms with Crippen LogP contribution in [0.4, 0.5) is 0 Å². The quantitative estimate of drug-likeness (QED) is 0.659. The highest BCUT2D eigenvalue weighted by atomic mass is 16.5. The molecule has 6 nitrogen and oxygen atoms in total. The molecule has 3 heterocycles. The van der Waals surface area contributed by atoms with Crippen LogP contribution in [-0.2, 0) is 0 Å². The molecule has 0 amide bonds. The summed E-state index contributed by atoms with van der Waals surface area (Å²) in [5.41, 5.74) is 2.75. The maximum Gasteiger partial charge on any atom is 0.138 e. The Hall–Kier alpha value is -2.60. The summed E-state index contributed by atoms with van der Waals surface area (Å²) in [6, 6.07) is 8.00. The third-order valence-corrected chi connectivity index (χ3v) is 4.35. The van der Waals surface area contributed by atoms with Gasteiger partial charge in [0.15, 0.2) is 0 Å². The second-order valence-corrected chi connectivity index (χ2v) is 6.54. The van der Waals surface area contributed by atoms with Crippen molar-refractivity contribution in [3.05, 3.63) is 36.7 Å². The monoisotopic (exact) mass is 338 g/mol. The van der Waals surface area contributed by atoms with Crippen LogP contribution >= 0.6 is 0 Å². The topological polar surface area (TPSA) is 72.1 Å². The molecule has 1 aliphatic rings. The maximum atomic E-state index is 6.07. The van der Waals surface area contributed by atoms with Crippen molar-refractivity contribution in [2.24, 2.45) is 0 Å². The van der Waals surface area contributed by atoms with Gasteiger partial charge in [-0.05, 0) is 51.1 Å². The number of aromatic nitrogens is 3. The molecule has 6 heteroatoms. The average Bonchev–Trinajstić information content (AvgIpc) is 3.01. The Kier molecular flexibility index (Phi) is 4.28. The fourth-order valence-corrected chi connectivity index (χ4v) is 3.08. The molecule has 0 aliphatic carbocycles. The lowest BCUT2D eigenvalue weighted by molar-refractivity contribution is 0.197.